The number of hydrogen-bond donors (Lipinski definition) is 0. The highest BCUT2D eigenvalue weighted by Gasteiger charge is 2.21. The van der Waals surface area contributed by atoms with Crippen molar-refractivity contribution in [3.05, 3.63) is 40.5 Å². The van der Waals surface area contributed by atoms with Crippen LogP contribution in [0.1, 0.15) is 0 Å². The first-order valence-corrected chi connectivity index (χ1v) is 8.01. The molecule has 1 aromatic heterocycles. The van der Waals surface area contributed by atoms with E-state index in [0.717, 1.165) is 0 Å². The van der Waals surface area contributed by atoms with Crippen LogP contribution in [-0.4, -0.2) is 27.6 Å². The van der Waals surface area contributed by atoms with E-state index in [9.17, 15) is 8.42 Å². The molecule has 1 aromatic carbocycles. The minimum atomic E-state index is -4.13. The molecular weight excluding hydrogens is 353 g/mol. The first kappa shape index (κ1) is 16.7. The average molecular weight is 364 g/mol. The molecule has 0 spiro atoms. The highest BCUT2D eigenvalue weighted by molar-refractivity contribution is 7.87. The molecule has 0 bridgehead atoms. The maximum absolute atomic E-state index is 12.3. The lowest BCUT2D eigenvalue weighted by atomic mass is 10.3. The highest BCUT2D eigenvalue weighted by atomic mass is 35.5. The maximum atomic E-state index is 12.3. The van der Waals surface area contributed by atoms with E-state index < -0.39 is 10.1 Å². The normalized spacial score (nSPS) is 11.1. The summed E-state index contributed by atoms with van der Waals surface area (Å²) in [5, 5.41) is 0.248. The van der Waals surface area contributed by atoms with Gasteiger partial charge < -0.3 is 13.7 Å². The molecule has 0 atom stereocenters. The van der Waals surface area contributed by atoms with Crippen LogP contribution in [0.4, 0.5) is 0 Å². The molecule has 0 aliphatic heterocycles. The summed E-state index contributed by atoms with van der Waals surface area (Å²) in [6.07, 6.45) is 1.23. The molecule has 22 heavy (non-hydrogen) atoms. The molecule has 0 saturated heterocycles. The molecule has 0 N–H and O–H groups in total. The van der Waals surface area contributed by atoms with Gasteiger partial charge in [0.15, 0.2) is 11.5 Å². The van der Waals surface area contributed by atoms with Crippen LogP contribution in [0.5, 0.6) is 17.4 Å². The first-order valence-electron chi connectivity index (χ1n) is 5.85. The molecule has 0 aliphatic rings. The van der Waals surface area contributed by atoms with Gasteiger partial charge in [-0.25, -0.2) is 4.98 Å². The van der Waals surface area contributed by atoms with Gasteiger partial charge in [-0.3, -0.25) is 0 Å². The number of aromatic nitrogens is 1. The Balaban J connectivity index is 2.38. The Kier molecular flexibility index (Phi) is 5.00. The summed E-state index contributed by atoms with van der Waals surface area (Å²) < 4.78 is 39.5. The van der Waals surface area contributed by atoms with Gasteiger partial charge in [-0.1, -0.05) is 23.2 Å². The fraction of sp³-hybridized carbons (Fsp3) is 0.154. The van der Waals surface area contributed by atoms with Crippen LogP contribution in [-0.2, 0) is 10.1 Å². The summed E-state index contributed by atoms with van der Waals surface area (Å²) in [4.78, 5) is 3.62. The SMILES string of the molecule is COc1ccc(S(=O)(=O)Oc2ncc(Cl)cc2Cl)cc1OC. The molecule has 0 aliphatic carbocycles. The molecule has 0 radical (unpaired) electrons. The minimum Gasteiger partial charge on any atom is -0.493 e. The number of methoxy groups -OCH3 is 2. The van der Waals surface area contributed by atoms with Crippen LogP contribution in [0.15, 0.2) is 35.4 Å². The topological polar surface area (TPSA) is 74.7 Å². The van der Waals surface area contributed by atoms with Gasteiger partial charge in [0.25, 0.3) is 5.88 Å². The van der Waals surface area contributed by atoms with Crippen molar-refractivity contribution in [3.8, 4) is 17.4 Å². The smallest absolute Gasteiger partial charge is 0.340 e. The molecule has 1 heterocycles. The van der Waals surface area contributed by atoms with Crippen molar-refractivity contribution in [3.63, 3.8) is 0 Å². The fourth-order valence-electron chi connectivity index (χ4n) is 1.59. The lowest BCUT2D eigenvalue weighted by Gasteiger charge is -2.11. The third-order valence-electron chi connectivity index (χ3n) is 2.61. The summed E-state index contributed by atoms with van der Waals surface area (Å²) in [6.45, 7) is 0. The lowest BCUT2D eigenvalue weighted by Crippen LogP contribution is -2.11. The van der Waals surface area contributed by atoms with Crippen LogP contribution < -0.4 is 13.7 Å². The molecule has 118 valence electrons. The molecular formula is C13H11Cl2NO5S. The summed E-state index contributed by atoms with van der Waals surface area (Å²) in [5.74, 6) is 0.382. The van der Waals surface area contributed by atoms with E-state index in [0.29, 0.717) is 5.75 Å². The van der Waals surface area contributed by atoms with Gasteiger partial charge >= 0.3 is 10.1 Å². The predicted octanol–water partition coefficient (Wildman–Crippen LogP) is 3.17. The molecule has 2 rings (SSSR count). The molecule has 0 amide bonds. The Morgan fingerprint density at radius 3 is 2.32 bits per heavy atom. The number of hydrogen-bond acceptors (Lipinski definition) is 6. The van der Waals surface area contributed by atoms with Crippen LogP contribution >= 0.6 is 23.2 Å². The zero-order chi connectivity index (χ0) is 16.3. The van der Waals surface area contributed by atoms with Crippen molar-refractivity contribution in [2.24, 2.45) is 0 Å². The maximum Gasteiger partial charge on any atom is 0.340 e. The predicted molar refractivity (Wildman–Crippen MR) is 81.6 cm³/mol. The number of ether oxygens (including phenoxy) is 2. The molecule has 2 aromatic rings. The van der Waals surface area contributed by atoms with Gasteiger partial charge in [-0.2, -0.15) is 8.42 Å². The van der Waals surface area contributed by atoms with E-state index in [1.807, 2.05) is 0 Å². The second-order valence-electron chi connectivity index (χ2n) is 3.99. The van der Waals surface area contributed by atoms with Crippen LogP contribution in [0.2, 0.25) is 10.0 Å². The Labute approximate surface area is 137 Å². The first-order chi connectivity index (χ1) is 10.4. The van der Waals surface area contributed by atoms with Crippen LogP contribution in [0.3, 0.4) is 0 Å². The van der Waals surface area contributed by atoms with Crippen molar-refractivity contribution >= 4 is 33.3 Å². The van der Waals surface area contributed by atoms with Gasteiger partial charge in [-0.15, -0.1) is 0 Å². The second-order valence-corrected chi connectivity index (χ2v) is 6.38. The van der Waals surface area contributed by atoms with Crippen LogP contribution in [0, 0.1) is 0 Å². The molecule has 0 fully saturated rings. The van der Waals surface area contributed by atoms with E-state index >= 15 is 0 Å². The van der Waals surface area contributed by atoms with E-state index in [-0.39, 0.29) is 26.6 Å². The number of rotatable bonds is 5. The molecule has 9 heteroatoms. The van der Waals surface area contributed by atoms with E-state index in [1.54, 1.807) is 0 Å². The molecule has 6 nitrogen and oxygen atoms in total. The Morgan fingerprint density at radius 2 is 1.73 bits per heavy atom. The Morgan fingerprint density at radius 1 is 1.05 bits per heavy atom. The fourth-order valence-corrected chi connectivity index (χ4v) is 2.97. The van der Waals surface area contributed by atoms with E-state index in [1.165, 1.54) is 44.7 Å². The summed E-state index contributed by atoms with van der Waals surface area (Å²) in [6, 6.07) is 5.38. The zero-order valence-electron chi connectivity index (χ0n) is 11.5. The van der Waals surface area contributed by atoms with Gasteiger partial charge in [0.05, 0.1) is 19.2 Å². The van der Waals surface area contributed by atoms with E-state index in [2.05, 4.69) is 4.98 Å². The van der Waals surface area contributed by atoms with Gasteiger partial charge in [0, 0.05) is 12.3 Å². The number of halogens is 2. The monoisotopic (exact) mass is 363 g/mol. The number of benzene rings is 1. The molecule has 0 saturated carbocycles. The van der Waals surface area contributed by atoms with Crippen molar-refractivity contribution in [2.75, 3.05) is 14.2 Å². The number of nitrogens with zero attached hydrogens (tertiary/aromatic N) is 1. The molecule has 0 unspecified atom stereocenters. The summed E-state index contributed by atoms with van der Waals surface area (Å²) in [7, 11) is -1.29. The van der Waals surface area contributed by atoms with Crippen molar-refractivity contribution < 1.29 is 22.1 Å². The Hall–Kier alpha value is -1.70. The van der Waals surface area contributed by atoms with Crippen molar-refractivity contribution in [1.82, 2.24) is 4.98 Å². The third kappa shape index (κ3) is 3.55. The zero-order valence-corrected chi connectivity index (χ0v) is 13.9. The standard InChI is InChI=1S/C13H11Cl2NO5S/c1-19-11-4-3-9(6-12(11)20-2)22(17,18)21-13-10(15)5-8(14)7-16-13/h3-7H,1-2H3. The average Bonchev–Trinajstić information content (AvgIpc) is 2.49. The summed E-state index contributed by atoms with van der Waals surface area (Å²) in [5.41, 5.74) is 0. The van der Waals surface area contributed by atoms with Crippen LogP contribution in [0.25, 0.3) is 0 Å². The Bertz CT molecular complexity index is 795. The van der Waals surface area contributed by atoms with Crippen molar-refractivity contribution in [1.29, 1.82) is 0 Å². The van der Waals surface area contributed by atoms with Gasteiger partial charge in [0.1, 0.15) is 9.92 Å². The number of pyridine rings is 1. The highest BCUT2D eigenvalue weighted by Crippen LogP contribution is 2.32. The van der Waals surface area contributed by atoms with Gasteiger partial charge in [0.2, 0.25) is 0 Å². The quantitative estimate of drug-likeness (QED) is 0.759. The summed E-state index contributed by atoms with van der Waals surface area (Å²) >= 11 is 11.5. The third-order valence-corrected chi connectivity index (χ3v) is 4.29. The van der Waals surface area contributed by atoms with Crippen molar-refractivity contribution in [2.45, 2.75) is 4.90 Å². The van der Waals surface area contributed by atoms with E-state index in [4.69, 9.17) is 36.9 Å². The minimum absolute atomic E-state index is 0.0171. The second kappa shape index (κ2) is 6.60. The largest absolute Gasteiger partial charge is 0.493 e. The lowest BCUT2D eigenvalue weighted by molar-refractivity contribution is 0.353. The van der Waals surface area contributed by atoms with Gasteiger partial charge in [-0.05, 0) is 18.2 Å².